The second kappa shape index (κ2) is 6.55. The molecule has 0 aliphatic carbocycles. The normalized spacial score (nSPS) is 11.4. The van der Waals surface area contributed by atoms with Gasteiger partial charge in [0.25, 0.3) is 0 Å². The van der Waals surface area contributed by atoms with Crippen molar-refractivity contribution in [1.29, 1.82) is 0 Å². The Balaban J connectivity index is 1.88. The van der Waals surface area contributed by atoms with E-state index >= 15 is 0 Å². The van der Waals surface area contributed by atoms with E-state index in [0.717, 1.165) is 5.56 Å². The van der Waals surface area contributed by atoms with Crippen molar-refractivity contribution < 1.29 is 27.5 Å². The summed E-state index contributed by atoms with van der Waals surface area (Å²) in [5.41, 5.74) is 0.874. The van der Waals surface area contributed by atoms with Crippen molar-refractivity contribution in [2.24, 2.45) is 0 Å². The third-order valence-corrected chi connectivity index (χ3v) is 3.86. The minimum atomic E-state index is -3.53. The lowest BCUT2D eigenvalue weighted by Gasteiger charge is -2.05. The summed E-state index contributed by atoms with van der Waals surface area (Å²) < 4.78 is 33.7. The quantitative estimate of drug-likeness (QED) is 0.841. The lowest BCUT2D eigenvalue weighted by molar-refractivity contribution is 0.0660. The van der Waals surface area contributed by atoms with Gasteiger partial charge in [-0.2, -0.15) is 0 Å². The third kappa shape index (κ3) is 4.73. The zero-order valence-electron chi connectivity index (χ0n) is 11.1. The van der Waals surface area contributed by atoms with Gasteiger partial charge in [-0.25, -0.2) is 13.2 Å². The molecule has 0 aliphatic rings. The Morgan fingerprint density at radius 3 is 2.48 bits per heavy atom. The van der Waals surface area contributed by atoms with Gasteiger partial charge in [0.15, 0.2) is 9.84 Å². The van der Waals surface area contributed by atoms with Crippen LogP contribution in [0.3, 0.4) is 0 Å². The van der Waals surface area contributed by atoms with E-state index in [1.165, 1.54) is 12.1 Å². The average Bonchev–Trinajstić information content (AvgIpc) is 2.87. The molecule has 0 aliphatic heterocycles. The number of hydrogen-bond donors (Lipinski definition) is 1. The second-order valence-electron chi connectivity index (χ2n) is 4.41. The van der Waals surface area contributed by atoms with Crippen LogP contribution in [0, 0.1) is 0 Å². The average molecular weight is 310 g/mol. The number of carboxylic acids is 1. The first-order valence-electron chi connectivity index (χ1n) is 6.10. The molecule has 1 N–H and O–H groups in total. The molecule has 7 heteroatoms. The summed E-state index contributed by atoms with van der Waals surface area (Å²) in [7, 11) is -3.53. The van der Waals surface area contributed by atoms with Crippen molar-refractivity contribution in [2.75, 3.05) is 5.94 Å². The van der Waals surface area contributed by atoms with Gasteiger partial charge in [-0.1, -0.05) is 30.3 Å². The molecule has 0 spiro atoms. The van der Waals surface area contributed by atoms with Crippen LogP contribution in [-0.4, -0.2) is 25.4 Å². The van der Waals surface area contributed by atoms with Gasteiger partial charge in [-0.05, 0) is 17.7 Å². The molecule has 0 radical (unpaired) electrons. The number of aromatic carboxylic acids is 1. The second-order valence-corrected chi connectivity index (χ2v) is 6.42. The first-order chi connectivity index (χ1) is 9.96. The molecule has 0 unspecified atom stereocenters. The van der Waals surface area contributed by atoms with E-state index in [-0.39, 0.29) is 18.1 Å². The highest BCUT2D eigenvalue weighted by atomic mass is 32.2. The van der Waals surface area contributed by atoms with E-state index in [1.807, 2.05) is 30.3 Å². The van der Waals surface area contributed by atoms with E-state index in [4.69, 9.17) is 14.3 Å². The molecule has 0 saturated carbocycles. The van der Waals surface area contributed by atoms with E-state index < -0.39 is 27.5 Å². The van der Waals surface area contributed by atoms with Gasteiger partial charge >= 0.3 is 5.97 Å². The Morgan fingerprint density at radius 1 is 1.14 bits per heavy atom. The lowest BCUT2D eigenvalue weighted by atomic mass is 10.2. The zero-order valence-corrected chi connectivity index (χ0v) is 11.9. The van der Waals surface area contributed by atoms with Crippen molar-refractivity contribution in [3.8, 4) is 0 Å². The molecule has 0 atom stereocenters. The van der Waals surface area contributed by atoms with Crippen LogP contribution in [0.15, 0.2) is 46.9 Å². The van der Waals surface area contributed by atoms with Crippen LogP contribution in [0.2, 0.25) is 0 Å². The standard InChI is InChI=1S/C14H14O6S/c15-14(16)13-7-6-12(20-13)9-21(17,18)10-19-8-11-4-2-1-3-5-11/h1-7H,8-10H2,(H,15,16). The van der Waals surface area contributed by atoms with Crippen molar-refractivity contribution in [3.63, 3.8) is 0 Å². The van der Waals surface area contributed by atoms with Crippen molar-refractivity contribution in [1.82, 2.24) is 0 Å². The first kappa shape index (κ1) is 15.3. The van der Waals surface area contributed by atoms with Gasteiger partial charge in [0.05, 0.1) is 6.61 Å². The molecule has 112 valence electrons. The highest BCUT2D eigenvalue weighted by molar-refractivity contribution is 7.90. The molecular weight excluding hydrogens is 296 g/mol. The number of hydrogen-bond acceptors (Lipinski definition) is 5. The van der Waals surface area contributed by atoms with Gasteiger partial charge in [-0.3, -0.25) is 0 Å². The Morgan fingerprint density at radius 2 is 1.86 bits per heavy atom. The summed E-state index contributed by atoms with van der Waals surface area (Å²) in [6.45, 7) is 0.193. The molecule has 1 aromatic heterocycles. The van der Waals surface area contributed by atoms with E-state index in [1.54, 1.807) is 0 Å². The van der Waals surface area contributed by atoms with Crippen molar-refractivity contribution in [2.45, 2.75) is 12.4 Å². The Bertz CT molecular complexity index is 702. The largest absolute Gasteiger partial charge is 0.475 e. The predicted molar refractivity (Wildman–Crippen MR) is 74.4 cm³/mol. The molecule has 0 amide bonds. The van der Waals surface area contributed by atoms with Gasteiger partial charge < -0.3 is 14.3 Å². The topological polar surface area (TPSA) is 93.8 Å². The summed E-state index contributed by atoms with van der Waals surface area (Å²) in [6.07, 6.45) is 0. The fourth-order valence-corrected chi connectivity index (χ4v) is 2.70. The molecule has 1 aromatic carbocycles. The number of carbonyl (C=O) groups is 1. The Hall–Kier alpha value is -2.12. The highest BCUT2D eigenvalue weighted by Gasteiger charge is 2.17. The zero-order chi connectivity index (χ0) is 15.3. The fraction of sp³-hybridized carbons (Fsp3) is 0.214. The molecule has 0 saturated heterocycles. The Labute approximate surface area is 121 Å². The number of sulfone groups is 1. The fourth-order valence-electron chi connectivity index (χ4n) is 1.69. The van der Waals surface area contributed by atoms with E-state index in [2.05, 4.69) is 0 Å². The van der Waals surface area contributed by atoms with Crippen LogP contribution in [0.4, 0.5) is 0 Å². The van der Waals surface area contributed by atoms with Crippen LogP contribution < -0.4 is 0 Å². The van der Waals surface area contributed by atoms with Crippen LogP contribution in [0.5, 0.6) is 0 Å². The molecule has 21 heavy (non-hydrogen) atoms. The summed E-state index contributed by atoms with van der Waals surface area (Å²) in [4.78, 5) is 10.6. The minimum Gasteiger partial charge on any atom is -0.475 e. The molecule has 0 fully saturated rings. The number of ether oxygens (including phenoxy) is 1. The maximum atomic E-state index is 11.8. The summed E-state index contributed by atoms with van der Waals surface area (Å²) in [5, 5.41) is 8.70. The minimum absolute atomic E-state index is 0.0794. The number of carboxylic acid groups (broad SMARTS) is 1. The molecular formula is C14H14O6S. The van der Waals surface area contributed by atoms with Gasteiger partial charge in [0.1, 0.15) is 17.5 Å². The number of rotatable bonds is 7. The first-order valence-corrected chi connectivity index (χ1v) is 7.92. The molecule has 2 aromatic rings. The maximum Gasteiger partial charge on any atom is 0.371 e. The summed E-state index contributed by atoms with van der Waals surface area (Å²) in [6, 6.07) is 11.7. The van der Waals surface area contributed by atoms with Crippen molar-refractivity contribution >= 4 is 15.8 Å². The number of benzene rings is 1. The summed E-state index contributed by atoms with van der Waals surface area (Å²) >= 11 is 0. The summed E-state index contributed by atoms with van der Waals surface area (Å²) in [5.74, 6) is -2.29. The van der Waals surface area contributed by atoms with Crippen LogP contribution in [0.25, 0.3) is 0 Å². The maximum absolute atomic E-state index is 11.8. The lowest BCUT2D eigenvalue weighted by Crippen LogP contribution is -2.12. The van der Waals surface area contributed by atoms with Crippen LogP contribution in [0.1, 0.15) is 21.9 Å². The van der Waals surface area contributed by atoms with Crippen LogP contribution in [-0.2, 0) is 26.9 Å². The highest BCUT2D eigenvalue weighted by Crippen LogP contribution is 2.12. The molecule has 6 nitrogen and oxygen atoms in total. The smallest absolute Gasteiger partial charge is 0.371 e. The molecule has 1 heterocycles. The Kier molecular flexibility index (Phi) is 4.77. The number of furan rings is 1. The van der Waals surface area contributed by atoms with Gasteiger partial charge in [-0.15, -0.1) is 0 Å². The van der Waals surface area contributed by atoms with E-state index in [0.29, 0.717) is 0 Å². The molecule has 0 bridgehead atoms. The third-order valence-electron chi connectivity index (χ3n) is 2.61. The van der Waals surface area contributed by atoms with Crippen molar-refractivity contribution in [3.05, 3.63) is 59.5 Å². The van der Waals surface area contributed by atoms with Gasteiger partial charge in [0, 0.05) is 0 Å². The van der Waals surface area contributed by atoms with E-state index in [9.17, 15) is 13.2 Å². The monoisotopic (exact) mass is 310 g/mol. The predicted octanol–water partition coefficient (Wildman–Crippen LogP) is 2.07. The molecule has 2 rings (SSSR count). The van der Waals surface area contributed by atoms with Gasteiger partial charge in [0.2, 0.25) is 5.76 Å². The SMILES string of the molecule is O=C(O)c1ccc(CS(=O)(=O)COCc2ccccc2)o1. The van der Waals surface area contributed by atoms with Crippen LogP contribution >= 0.6 is 0 Å².